The molecule has 2 atom stereocenters. The van der Waals surface area contributed by atoms with Gasteiger partial charge in [-0.15, -0.1) is 0 Å². The van der Waals surface area contributed by atoms with Gasteiger partial charge in [-0.3, -0.25) is 0 Å². The Morgan fingerprint density at radius 1 is 1.20 bits per heavy atom. The molecule has 15 heavy (non-hydrogen) atoms. The highest BCUT2D eigenvalue weighted by atomic mass is 19.4. The lowest BCUT2D eigenvalue weighted by Gasteiger charge is -2.22. The van der Waals surface area contributed by atoms with E-state index in [-0.39, 0.29) is 12.5 Å². The van der Waals surface area contributed by atoms with Gasteiger partial charge < -0.3 is 4.90 Å². The van der Waals surface area contributed by atoms with Gasteiger partial charge in [0.2, 0.25) is 0 Å². The number of rotatable bonds is 4. The summed E-state index contributed by atoms with van der Waals surface area (Å²) in [5.74, 6) is -2.34. The molecule has 0 radical (unpaired) electrons. The van der Waals surface area contributed by atoms with Gasteiger partial charge in [-0.25, -0.2) is 0 Å². The van der Waals surface area contributed by atoms with E-state index in [0.717, 1.165) is 0 Å². The standard InChI is InChI=1S/C9H12F3N3/c1-7(3-13)5-15(2)6-8(4-14)9(10,11)12/h7-8H,5-6H2,1-2H3. The smallest absolute Gasteiger partial charge is 0.303 e. The Balaban J connectivity index is 4.23. The minimum atomic E-state index is -4.50. The summed E-state index contributed by atoms with van der Waals surface area (Å²) in [6.07, 6.45) is -4.50. The number of hydrogen-bond donors (Lipinski definition) is 0. The maximum absolute atomic E-state index is 12.2. The zero-order valence-electron chi connectivity index (χ0n) is 8.54. The zero-order valence-corrected chi connectivity index (χ0v) is 8.54. The van der Waals surface area contributed by atoms with Gasteiger partial charge in [0.05, 0.1) is 18.1 Å². The van der Waals surface area contributed by atoms with Crippen molar-refractivity contribution < 1.29 is 13.2 Å². The number of alkyl halides is 3. The van der Waals surface area contributed by atoms with Crippen LogP contribution in [-0.2, 0) is 0 Å². The van der Waals surface area contributed by atoms with Crippen LogP contribution >= 0.6 is 0 Å². The molecular weight excluding hydrogens is 207 g/mol. The molecule has 0 fully saturated rings. The molecule has 0 aliphatic carbocycles. The first-order valence-corrected chi connectivity index (χ1v) is 4.35. The van der Waals surface area contributed by atoms with Crippen molar-refractivity contribution >= 4 is 0 Å². The second-order valence-corrected chi connectivity index (χ2v) is 3.47. The van der Waals surface area contributed by atoms with Crippen molar-refractivity contribution in [2.45, 2.75) is 13.1 Å². The molecule has 0 spiro atoms. The van der Waals surface area contributed by atoms with Crippen LogP contribution in [0.1, 0.15) is 6.92 Å². The number of halogens is 3. The van der Waals surface area contributed by atoms with E-state index in [9.17, 15) is 13.2 Å². The summed E-state index contributed by atoms with van der Waals surface area (Å²) in [6.45, 7) is 1.45. The second-order valence-electron chi connectivity index (χ2n) is 3.47. The Bertz CT molecular complexity index is 274. The van der Waals surface area contributed by atoms with E-state index in [1.807, 2.05) is 6.07 Å². The Morgan fingerprint density at radius 3 is 2.07 bits per heavy atom. The van der Waals surface area contributed by atoms with Crippen LogP contribution < -0.4 is 0 Å². The minimum absolute atomic E-state index is 0.227. The first-order valence-electron chi connectivity index (χ1n) is 4.35. The summed E-state index contributed by atoms with van der Waals surface area (Å²) in [5, 5.41) is 16.8. The van der Waals surface area contributed by atoms with Crippen LogP contribution in [0.25, 0.3) is 0 Å². The van der Waals surface area contributed by atoms with Crippen LogP contribution in [0.4, 0.5) is 13.2 Å². The highest BCUT2D eigenvalue weighted by molar-refractivity contribution is 4.91. The molecule has 84 valence electrons. The van der Waals surface area contributed by atoms with Crippen molar-refractivity contribution in [2.24, 2.45) is 11.8 Å². The Morgan fingerprint density at radius 2 is 1.73 bits per heavy atom. The first-order chi connectivity index (χ1) is 6.81. The molecular formula is C9H12F3N3. The second kappa shape index (κ2) is 5.57. The fraction of sp³-hybridized carbons (Fsp3) is 0.778. The monoisotopic (exact) mass is 219 g/mol. The molecule has 0 aliphatic heterocycles. The average molecular weight is 219 g/mol. The van der Waals surface area contributed by atoms with Crippen LogP contribution in [-0.4, -0.2) is 31.2 Å². The highest BCUT2D eigenvalue weighted by Gasteiger charge is 2.40. The van der Waals surface area contributed by atoms with E-state index in [0.29, 0.717) is 0 Å². The molecule has 0 heterocycles. The van der Waals surface area contributed by atoms with E-state index >= 15 is 0 Å². The molecule has 0 aromatic heterocycles. The van der Waals surface area contributed by atoms with Gasteiger partial charge in [0.25, 0.3) is 0 Å². The normalized spacial score (nSPS) is 15.5. The summed E-state index contributed by atoms with van der Waals surface area (Å²) < 4.78 is 36.6. The van der Waals surface area contributed by atoms with E-state index in [2.05, 4.69) is 0 Å². The van der Waals surface area contributed by atoms with Gasteiger partial charge in [-0.05, 0) is 14.0 Å². The van der Waals surface area contributed by atoms with Gasteiger partial charge in [-0.2, -0.15) is 23.7 Å². The van der Waals surface area contributed by atoms with Crippen molar-refractivity contribution in [2.75, 3.05) is 20.1 Å². The lowest BCUT2D eigenvalue weighted by Crippen LogP contribution is -2.35. The SMILES string of the molecule is CC(C#N)CN(C)CC(C#N)C(F)(F)F. The molecule has 0 bridgehead atoms. The van der Waals surface area contributed by atoms with E-state index in [1.165, 1.54) is 18.0 Å². The molecule has 0 saturated heterocycles. The van der Waals surface area contributed by atoms with Gasteiger partial charge in [0.1, 0.15) is 0 Å². The quantitative estimate of drug-likeness (QED) is 0.724. The van der Waals surface area contributed by atoms with Gasteiger partial charge in [-0.1, -0.05) is 0 Å². The first kappa shape index (κ1) is 13.7. The number of nitrogens with zero attached hydrogens (tertiary/aromatic N) is 3. The largest absolute Gasteiger partial charge is 0.405 e. The van der Waals surface area contributed by atoms with Crippen LogP contribution in [0.2, 0.25) is 0 Å². The summed E-state index contributed by atoms with van der Waals surface area (Å²) >= 11 is 0. The third-order valence-corrected chi connectivity index (χ3v) is 1.85. The third-order valence-electron chi connectivity index (χ3n) is 1.85. The molecule has 0 saturated carbocycles. The Kier molecular flexibility index (Phi) is 5.10. The lowest BCUT2D eigenvalue weighted by molar-refractivity contribution is -0.162. The fourth-order valence-corrected chi connectivity index (χ4v) is 1.11. The van der Waals surface area contributed by atoms with Crippen molar-refractivity contribution in [1.82, 2.24) is 4.90 Å². The maximum Gasteiger partial charge on any atom is 0.405 e. The minimum Gasteiger partial charge on any atom is -0.303 e. The molecule has 0 N–H and O–H groups in total. The van der Waals surface area contributed by atoms with E-state index in [4.69, 9.17) is 10.5 Å². The fourth-order valence-electron chi connectivity index (χ4n) is 1.11. The summed E-state index contributed by atoms with van der Waals surface area (Å²) in [4.78, 5) is 1.34. The van der Waals surface area contributed by atoms with Crippen molar-refractivity contribution in [3.8, 4) is 12.1 Å². The molecule has 0 aromatic rings. The zero-order chi connectivity index (χ0) is 12.1. The average Bonchev–Trinajstić information content (AvgIpc) is 2.12. The van der Waals surface area contributed by atoms with Gasteiger partial charge >= 0.3 is 6.18 Å². The summed E-state index contributed by atoms with van der Waals surface area (Å²) in [7, 11) is 1.46. The van der Waals surface area contributed by atoms with Crippen LogP contribution in [0.15, 0.2) is 0 Å². The van der Waals surface area contributed by atoms with Gasteiger partial charge in [0.15, 0.2) is 5.92 Å². The lowest BCUT2D eigenvalue weighted by atomic mass is 10.1. The van der Waals surface area contributed by atoms with Crippen molar-refractivity contribution in [1.29, 1.82) is 10.5 Å². The van der Waals surface area contributed by atoms with E-state index in [1.54, 1.807) is 6.92 Å². The molecule has 0 amide bonds. The van der Waals surface area contributed by atoms with Crippen molar-refractivity contribution in [3.05, 3.63) is 0 Å². The predicted molar refractivity (Wildman–Crippen MR) is 47.4 cm³/mol. The molecule has 0 aromatic carbocycles. The molecule has 6 heteroatoms. The highest BCUT2D eigenvalue weighted by Crippen LogP contribution is 2.26. The van der Waals surface area contributed by atoms with Crippen LogP contribution in [0.5, 0.6) is 0 Å². The van der Waals surface area contributed by atoms with Crippen LogP contribution in [0.3, 0.4) is 0 Å². The summed E-state index contributed by atoms with van der Waals surface area (Å²) in [5.41, 5.74) is 0. The van der Waals surface area contributed by atoms with Gasteiger partial charge in [0, 0.05) is 13.1 Å². The summed E-state index contributed by atoms with van der Waals surface area (Å²) in [6, 6.07) is 3.13. The Labute approximate surface area is 86.7 Å². The molecule has 0 rings (SSSR count). The van der Waals surface area contributed by atoms with E-state index < -0.39 is 18.6 Å². The Hall–Kier alpha value is -1.27. The number of nitriles is 2. The maximum atomic E-state index is 12.2. The number of hydrogen-bond acceptors (Lipinski definition) is 3. The molecule has 0 aliphatic rings. The molecule has 3 nitrogen and oxygen atoms in total. The van der Waals surface area contributed by atoms with Crippen LogP contribution in [0, 0.1) is 34.5 Å². The predicted octanol–water partition coefficient (Wildman–Crippen LogP) is 1.78. The molecule has 2 unspecified atom stereocenters. The van der Waals surface area contributed by atoms with Crippen molar-refractivity contribution in [3.63, 3.8) is 0 Å². The third kappa shape index (κ3) is 5.24. The topological polar surface area (TPSA) is 50.8 Å².